The van der Waals surface area contributed by atoms with Gasteiger partial charge in [0.05, 0.1) is 25.7 Å². The van der Waals surface area contributed by atoms with E-state index in [1.165, 1.54) is 5.56 Å². The van der Waals surface area contributed by atoms with Gasteiger partial charge in [-0.1, -0.05) is 27.6 Å². The van der Waals surface area contributed by atoms with Crippen LogP contribution in [-0.4, -0.2) is 14.2 Å². The predicted molar refractivity (Wildman–Crippen MR) is 117 cm³/mol. The normalized spacial score (nSPS) is 11.7. The second-order valence-corrected chi connectivity index (χ2v) is 7.64. The van der Waals surface area contributed by atoms with Crippen LogP contribution in [0.5, 0.6) is 11.5 Å². The van der Waals surface area contributed by atoms with Crippen LogP contribution in [0.1, 0.15) is 5.56 Å². The lowest BCUT2D eigenvalue weighted by atomic mass is 10.1. The van der Waals surface area contributed by atoms with Gasteiger partial charge in [0.25, 0.3) is 0 Å². The van der Waals surface area contributed by atoms with Gasteiger partial charge in [-0.25, -0.2) is 4.99 Å². The molecular weight excluding hydrogens is 430 g/mol. The Morgan fingerprint density at radius 1 is 0.828 bits per heavy atom. The van der Waals surface area contributed by atoms with E-state index in [1.54, 1.807) is 14.2 Å². The van der Waals surface area contributed by atoms with Gasteiger partial charge in [-0.3, -0.25) is 0 Å². The summed E-state index contributed by atoms with van der Waals surface area (Å²) in [4.78, 5) is 3.53. The van der Waals surface area contributed by atoms with Gasteiger partial charge >= 0.3 is 0 Å². The van der Waals surface area contributed by atoms with Gasteiger partial charge in [-0.15, -0.1) is 0 Å². The Hall–Kier alpha value is -3.05. The Bertz CT molecular complexity index is 1240. The minimum absolute atomic E-state index is 0.659. The molecule has 0 fully saturated rings. The van der Waals surface area contributed by atoms with Crippen molar-refractivity contribution in [2.24, 2.45) is 0 Å². The molecule has 1 N–H and O–H groups in total. The average molecular weight is 451 g/mol. The van der Waals surface area contributed by atoms with Crippen molar-refractivity contribution in [3.8, 4) is 22.8 Å². The summed E-state index contributed by atoms with van der Waals surface area (Å²) in [5.41, 5.74) is 3.89. The maximum Gasteiger partial charge on any atom is 0.218 e. The van der Waals surface area contributed by atoms with Gasteiger partial charge in [0.1, 0.15) is 11.3 Å². The molecule has 0 bridgehead atoms. The number of benzene rings is 3. The fourth-order valence-electron chi connectivity index (χ4n) is 3.22. The number of fused-ring (bicyclic) bond motifs is 1. The molecule has 0 radical (unpaired) electrons. The van der Waals surface area contributed by atoms with Crippen LogP contribution >= 0.6 is 15.9 Å². The lowest BCUT2D eigenvalue weighted by Gasteiger charge is -2.09. The maximum absolute atomic E-state index is 6.23. The molecule has 0 saturated carbocycles. The van der Waals surface area contributed by atoms with E-state index in [9.17, 15) is 0 Å². The summed E-state index contributed by atoms with van der Waals surface area (Å²) in [5, 5.41) is 2.00. The number of hydrogen-bond acceptors (Lipinski definition) is 3. The van der Waals surface area contributed by atoms with Gasteiger partial charge in [0.15, 0.2) is 11.5 Å². The number of halogens is 1. The molecule has 4 rings (SSSR count). The van der Waals surface area contributed by atoms with Crippen LogP contribution in [0, 0.1) is 6.92 Å². The van der Waals surface area contributed by atoms with Crippen LogP contribution in [0.4, 0.5) is 5.69 Å². The first kappa shape index (κ1) is 19.3. The van der Waals surface area contributed by atoms with Crippen molar-refractivity contribution < 1.29 is 18.9 Å². The molecule has 0 aliphatic heterocycles. The van der Waals surface area contributed by atoms with E-state index in [2.05, 4.69) is 33.9 Å². The Labute approximate surface area is 177 Å². The smallest absolute Gasteiger partial charge is 0.218 e. The summed E-state index contributed by atoms with van der Waals surface area (Å²) in [6, 6.07) is 22.0. The lowest BCUT2D eigenvalue weighted by molar-refractivity contribution is -0.400. The van der Waals surface area contributed by atoms with Gasteiger partial charge in [0.2, 0.25) is 11.0 Å². The quantitative estimate of drug-likeness (QED) is 0.497. The number of ether oxygens (including phenoxy) is 2. The zero-order valence-corrected chi connectivity index (χ0v) is 18.0. The van der Waals surface area contributed by atoms with Crippen molar-refractivity contribution in [2.75, 3.05) is 14.2 Å². The molecule has 0 aliphatic rings. The summed E-state index contributed by atoms with van der Waals surface area (Å²) < 4.78 is 18.1. The van der Waals surface area contributed by atoms with Gasteiger partial charge in [-0.05, 0) is 49.4 Å². The third kappa shape index (κ3) is 4.05. The van der Waals surface area contributed by atoms with Crippen LogP contribution < -0.4 is 19.8 Å². The van der Waals surface area contributed by atoms with Crippen LogP contribution in [0.15, 0.2) is 75.6 Å². The fraction of sp³-hybridized carbons (Fsp3) is 0.125. The molecule has 146 valence electrons. The molecule has 0 atom stereocenters. The zero-order valence-electron chi connectivity index (χ0n) is 16.5. The molecule has 4 aromatic rings. The number of aryl methyl sites for hydroxylation is 1. The monoisotopic (exact) mass is 450 g/mol. The third-order valence-corrected chi connectivity index (χ3v) is 5.24. The molecule has 1 aromatic heterocycles. The van der Waals surface area contributed by atoms with E-state index in [-0.39, 0.29) is 0 Å². The van der Waals surface area contributed by atoms with Crippen LogP contribution in [0.2, 0.25) is 0 Å². The van der Waals surface area contributed by atoms with Crippen molar-refractivity contribution in [1.82, 2.24) is 0 Å². The highest BCUT2D eigenvalue weighted by Crippen LogP contribution is 2.32. The van der Waals surface area contributed by atoms with Crippen LogP contribution in [0.25, 0.3) is 22.3 Å². The van der Waals surface area contributed by atoms with E-state index in [0.717, 1.165) is 37.8 Å². The first-order valence-electron chi connectivity index (χ1n) is 9.20. The van der Waals surface area contributed by atoms with E-state index in [4.69, 9.17) is 13.9 Å². The molecule has 4 nitrogen and oxygen atoms in total. The molecule has 1 heterocycles. The Morgan fingerprint density at radius 2 is 1.59 bits per heavy atom. The molecule has 0 unspecified atom stereocenters. The Kier molecular flexibility index (Phi) is 5.41. The third-order valence-electron chi connectivity index (χ3n) is 4.71. The second kappa shape index (κ2) is 8.13. The fourth-order valence-corrected chi connectivity index (χ4v) is 3.49. The summed E-state index contributed by atoms with van der Waals surface area (Å²) >= 11 is 3.48. The number of hydrogen-bond donors (Lipinski definition) is 1. The highest BCUT2D eigenvalue weighted by molar-refractivity contribution is 9.10. The van der Waals surface area contributed by atoms with Crippen LogP contribution in [0.3, 0.4) is 0 Å². The van der Waals surface area contributed by atoms with Crippen molar-refractivity contribution in [2.45, 2.75) is 6.92 Å². The highest BCUT2D eigenvalue weighted by Gasteiger charge is 2.12. The first-order chi connectivity index (χ1) is 14.1. The molecule has 0 saturated heterocycles. The van der Waals surface area contributed by atoms with Crippen LogP contribution in [-0.2, 0) is 0 Å². The Morgan fingerprint density at radius 3 is 2.31 bits per heavy atom. The lowest BCUT2D eigenvalue weighted by Crippen LogP contribution is -2.70. The SMILES string of the molecule is COc1ccc(-c2cc(=[NH+]c3ccc(Br)cc3)c3cc(C)ccc3o2)cc1OC. The zero-order chi connectivity index (χ0) is 20.4. The van der Waals surface area contributed by atoms with E-state index in [0.29, 0.717) is 11.5 Å². The molecular formula is C24H21BrNO3+. The minimum atomic E-state index is 0.659. The molecule has 0 spiro atoms. The number of methoxy groups -OCH3 is 2. The minimum Gasteiger partial charge on any atom is -0.493 e. The molecule has 29 heavy (non-hydrogen) atoms. The summed E-state index contributed by atoms with van der Waals surface area (Å²) in [6.45, 7) is 2.07. The topological polar surface area (TPSA) is 45.6 Å². The number of nitrogens with one attached hydrogen (secondary N) is 1. The van der Waals surface area contributed by atoms with E-state index in [1.807, 2.05) is 60.7 Å². The van der Waals surface area contributed by atoms with Crippen molar-refractivity contribution in [3.05, 3.63) is 82.1 Å². The standard InChI is InChI=1S/C24H20BrNO3/c1-15-4-10-21-19(12-15)20(26-18-8-6-17(25)7-9-18)14-23(29-21)16-5-11-22(27-2)24(13-16)28-3/h4-14H,1-3H3/p+1. The van der Waals surface area contributed by atoms with Gasteiger partial charge in [0, 0.05) is 22.2 Å². The average Bonchev–Trinajstić information content (AvgIpc) is 2.75. The van der Waals surface area contributed by atoms with Gasteiger partial charge < -0.3 is 13.9 Å². The molecule has 5 heteroatoms. The summed E-state index contributed by atoms with van der Waals surface area (Å²) in [7, 11) is 3.25. The van der Waals surface area contributed by atoms with Crippen molar-refractivity contribution >= 4 is 32.6 Å². The Balaban J connectivity index is 1.95. The van der Waals surface area contributed by atoms with E-state index < -0.39 is 0 Å². The molecule has 3 aromatic carbocycles. The van der Waals surface area contributed by atoms with Crippen molar-refractivity contribution in [1.29, 1.82) is 0 Å². The summed E-state index contributed by atoms with van der Waals surface area (Å²) in [5.74, 6) is 2.08. The van der Waals surface area contributed by atoms with Gasteiger partial charge in [-0.2, -0.15) is 0 Å². The summed E-state index contributed by atoms with van der Waals surface area (Å²) in [6.07, 6.45) is 0. The molecule has 0 amide bonds. The second-order valence-electron chi connectivity index (χ2n) is 6.73. The number of rotatable bonds is 4. The molecule has 0 aliphatic carbocycles. The van der Waals surface area contributed by atoms with Crippen molar-refractivity contribution in [3.63, 3.8) is 0 Å². The first-order valence-corrected chi connectivity index (χ1v) is 9.99. The highest BCUT2D eigenvalue weighted by atomic mass is 79.9. The van der Waals surface area contributed by atoms with E-state index >= 15 is 0 Å². The predicted octanol–water partition coefficient (Wildman–Crippen LogP) is 4.50. The largest absolute Gasteiger partial charge is 0.493 e. The maximum atomic E-state index is 6.23.